The zero-order valence-corrected chi connectivity index (χ0v) is 25.3. The van der Waals surface area contributed by atoms with Crippen LogP contribution in [0.5, 0.6) is 5.75 Å². The van der Waals surface area contributed by atoms with Crippen LogP contribution in [0.4, 0.5) is 10.5 Å². The van der Waals surface area contributed by atoms with Gasteiger partial charge in [-0.05, 0) is 74.7 Å². The highest BCUT2D eigenvalue weighted by Gasteiger charge is 2.17. The number of anilines is 1. The largest absolute Gasteiger partial charge is 0.490 e. The first-order chi connectivity index (χ1) is 19.8. The number of hydrogen-bond acceptors (Lipinski definition) is 6. The molecule has 42 heavy (non-hydrogen) atoms. The molecule has 0 fully saturated rings. The number of rotatable bonds is 11. The van der Waals surface area contributed by atoms with Crippen molar-refractivity contribution >= 4 is 35.2 Å². The van der Waals surface area contributed by atoms with Crippen molar-refractivity contribution in [3.05, 3.63) is 92.4 Å². The van der Waals surface area contributed by atoms with Crippen LogP contribution in [0.1, 0.15) is 49.9 Å². The lowest BCUT2D eigenvalue weighted by molar-refractivity contribution is -0.120. The fraction of sp³-hybridized carbons (Fsp3) is 0.355. The lowest BCUT2D eigenvalue weighted by Crippen LogP contribution is -2.33. The number of nitrogens with zero attached hydrogens (tertiary/aromatic N) is 1. The van der Waals surface area contributed by atoms with Gasteiger partial charge in [-0.15, -0.1) is 0 Å². The maximum atomic E-state index is 13.2. The third-order valence-electron chi connectivity index (χ3n) is 6.09. The summed E-state index contributed by atoms with van der Waals surface area (Å²) in [6.07, 6.45) is 1.01. The highest BCUT2D eigenvalue weighted by molar-refractivity contribution is 6.30. The Bertz CT molecular complexity index is 1500. The van der Waals surface area contributed by atoms with E-state index in [9.17, 15) is 19.2 Å². The van der Waals surface area contributed by atoms with E-state index >= 15 is 0 Å². The Balaban J connectivity index is 1.62. The van der Waals surface area contributed by atoms with Gasteiger partial charge in [-0.2, -0.15) is 0 Å². The molecule has 0 saturated carbocycles. The first kappa shape index (κ1) is 32.2. The molecule has 2 aromatic carbocycles. The summed E-state index contributed by atoms with van der Waals surface area (Å²) in [6, 6.07) is 14.0. The Morgan fingerprint density at radius 3 is 2.40 bits per heavy atom. The highest BCUT2D eigenvalue weighted by Crippen LogP contribution is 2.23. The van der Waals surface area contributed by atoms with Crippen LogP contribution in [0.25, 0.3) is 0 Å². The summed E-state index contributed by atoms with van der Waals surface area (Å²) < 4.78 is 12.6. The molecule has 0 radical (unpaired) electrons. The predicted octanol–water partition coefficient (Wildman–Crippen LogP) is 4.73. The van der Waals surface area contributed by atoms with Crippen LogP contribution in [0, 0.1) is 6.92 Å². The van der Waals surface area contributed by atoms with Gasteiger partial charge in [-0.25, -0.2) is 4.79 Å². The van der Waals surface area contributed by atoms with E-state index in [0.717, 1.165) is 11.1 Å². The van der Waals surface area contributed by atoms with Crippen molar-refractivity contribution in [3.8, 4) is 5.75 Å². The average molecular weight is 597 g/mol. The molecule has 224 valence electrons. The van der Waals surface area contributed by atoms with Crippen LogP contribution in [0.2, 0.25) is 5.02 Å². The van der Waals surface area contributed by atoms with E-state index in [0.29, 0.717) is 27.6 Å². The number of pyridine rings is 1. The summed E-state index contributed by atoms with van der Waals surface area (Å²) in [5.41, 5.74) is 2.21. The molecule has 1 aromatic heterocycles. The van der Waals surface area contributed by atoms with Crippen molar-refractivity contribution in [2.45, 2.75) is 66.3 Å². The van der Waals surface area contributed by atoms with Crippen LogP contribution in [0.15, 0.2) is 59.5 Å². The van der Waals surface area contributed by atoms with Crippen molar-refractivity contribution in [2.75, 3.05) is 11.9 Å². The Kier molecular flexibility index (Phi) is 11.2. The summed E-state index contributed by atoms with van der Waals surface area (Å²) in [7, 11) is 0. The third-order valence-corrected chi connectivity index (χ3v) is 6.33. The number of carbonyl (C=O) groups excluding carboxylic acids is 3. The van der Waals surface area contributed by atoms with Gasteiger partial charge in [0.05, 0.1) is 18.7 Å². The molecule has 3 rings (SSSR count). The molecule has 0 bridgehead atoms. The molecule has 3 N–H and O–H groups in total. The van der Waals surface area contributed by atoms with E-state index in [-0.39, 0.29) is 50.0 Å². The molecule has 0 saturated heterocycles. The molecule has 0 unspecified atom stereocenters. The molecule has 0 aliphatic heterocycles. The lowest BCUT2D eigenvalue weighted by atomic mass is 10.1. The number of halogens is 1. The fourth-order valence-electron chi connectivity index (χ4n) is 4.07. The zero-order chi connectivity index (χ0) is 30.9. The van der Waals surface area contributed by atoms with Gasteiger partial charge in [0.1, 0.15) is 18.0 Å². The van der Waals surface area contributed by atoms with E-state index < -0.39 is 11.7 Å². The van der Waals surface area contributed by atoms with E-state index in [2.05, 4.69) is 16.0 Å². The number of aromatic nitrogens is 1. The second-order valence-corrected chi connectivity index (χ2v) is 11.2. The normalized spacial score (nSPS) is 11.0. The van der Waals surface area contributed by atoms with Gasteiger partial charge in [0, 0.05) is 36.8 Å². The van der Waals surface area contributed by atoms with Gasteiger partial charge in [-0.3, -0.25) is 14.4 Å². The lowest BCUT2D eigenvalue weighted by Gasteiger charge is -2.20. The molecule has 0 atom stereocenters. The standard InChI is InChI=1S/C31H37ClN4O6/c1-20-12-13-36(14-15-41-27-9-7-6-8-26(27)35-21(2)37)29(39)25(20)17-28(38)33-19-23-16-24(32)11-10-22(23)18-34-30(40)42-31(3,4)5/h6-13,16H,14-15,17-19H2,1-5H3,(H,33,38)(H,34,40)(H,35,37). The first-order valence-electron chi connectivity index (χ1n) is 13.5. The number of benzene rings is 2. The summed E-state index contributed by atoms with van der Waals surface area (Å²) >= 11 is 6.18. The van der Waals surface area contributed by atoms with Crippen molar-refractivity contribution in [2.24, 2.45) is 0 Å². The van der Waals surface area contributed by atoms with Gasteiger partial charge in [0.2, 0.25) is 11.8 Å². The number of hydrogen-bond donors (Lipinski definition) is 3. The van der Waals surface area contributed by atoms with Crippen LogP contribution < -0.4 is 26.2 Å². The van der Waals surface area contributed by atoms with Crippen molar-refractivity contribution in [3.63, 3.8) is 0 Å². The maximum Gasteiger partial charge on any atom is 0.407 e. The summed E-state index contributed by atoms with van der Waals surface area (Å²) in [5, 5.41) is 8.77. The van der Waals surface area contributed by atoms with E-state index in [1.54, 1.807) is 82.4 Å². The summed E-state index contributed by atoms with van der Waals surface area (Å²) in [5.74, 6) is -0.0543. The van der Waals surface area contributed by atoms with Gasteiger partial charge >= 0.3 is 6.09 Å². The van der Waals surface area contributed by atoms with Gasteiger partial charge in [0.25, 0.3) is 5.56 Å². The topological polar surface area (TPSA) is 128 Å². The molecule has 1 heterocycles. The number of para-hydroxylation sites is 2. The molecule has 3 amide bonds. The van der Waals surface area contributed by atoms with E-state index in [1.165, 1.54) is 11.5 Å². The molecular weight excluding hydrogens is 560 g/mol. The van der Waals surface area contributed by atoms with Crippen molar-refractivity contribution < 1.29 is 23.9 Å². The molecular formula is C31H37ClN4O6. The Hall–Kier alpha value is -4.31. The smallest absolute Gasteiger partial charge is 0.407 e. The first-order valence-corrected chi connectivity index (χ1v) is 13.9. The minimum atomic E-state index is -0.624. The number of ether oxygens (including phenoxy) is 2. The van der Waals surface area contributed by atoms with E-state index in [1.807, 2.05) is 0 Å². The SMILES string of the molecule is CC(=O)Nc1ccccc1OCCn1ccc(C)c(CC(=O)NCc2cc(Cl)ccc2CNC(=O)OC(C)(C)C)c1=O. The van der Waals surface area contributed by atoms with Gasteiger partial charge < -0.3 is 30.0 Å². The fourth-order valence-corrected chi connectivity index (χ4v) is 4.27. The minimum absolute atomic E-state index is 0.107. The number of amides is 3. The summed E-state index contributed by atoms with van der Waals surface area (Å²) in [4.78, 5) is 49.6. The van der Waals surface area contributed by atoms with Crippen LogP contribution in [-0.2, 0) is 40.4 Å². The second kappa shape index (κ2) is 14.5. The van der Waals surface area contributed by atoms with Gasteiger partial charge in [0.15, 0.2) is 0 Å². The quantitative estimate of drug-likeness (QED) is 0.294. The highest BCUT2D eigenvalue weighted by atomic mass is 35.5. The number of alkyl carbamates (subject to hydrolysis) is 1. The number of carbonyl (C=O) groups is 3. The third kappa shape index (κ3) is 9.95. The number of nitrogens with one attached hydrogen (secondary N) is 3. The van der Waals surface area contributed by atoms with Gasteiger partial charge in [-0.1, -0.05) is 29.8 Å². The molecule has 0 spiro atoms. The molecule has 0 aliphatic carbocycles. The van der Waals surface area contributed by atoms with Crippen LogP contribution >= 0.6 is 11.6 Å². The molecule has 3 aromatic rings. The Morgan fingerprint density at radius 1 is 0.976 bits per heavy atom. The molecule has 11 heteroatoms. The minimum Gasteiger partial charge on any atom is -0.490 e. The molecule has 10 nitrogen and oxygen atoms in total. The van der Waals surface area contributed by atoms with Crippen molar-refractivity contribution in [1.82, 2.24) is 15.2 Å². The van der Waals surface area contributed by atoms with E-state index in [4.69, 9.17) is 21.1 Å². The Labute approximate surface area is 250 Å². The van der Waals surface area contributed by atoms with Crippen LogP contribution in [-0.4, -0.2) is 34.7 Å². The zero-order valence-electron chi connectivity index (χ0n) is 24.5. The average Bonchev–Trinajstić information content (AvgIpc) is 2.90. The van der Waals surface area contributed by atoms with Crippen molar-refractivity contribution in [1.29, 1.82) is 0 Å². The second-order valence-electron chi connectivity index (χ2n) is 10.7. The maximum absolute atomic E-state index is 13.2. The predicted molar refractivity (Wildman–Crippen MR) is 162 cm³/mol. The van der Waals surface area contributed by atoms with Crippen LogP contribution in [0.3, 0.4) is 0 Å². The molecule has 0 aliphatic rings. The summed E-state index contributed by atoms with van der Waals surface area (Å²) in [6.45, 7) is 9.32. The Morgan fingerprint density at radius 2 is 1.69 bits per heavy atom. The number of aryl methyl sites for hydroxylation is 1. The monoisotopic (exact) mass is 596 g/mol.